The summed E-state index contributed by atoms with van der Waals surface area (Å²) < 4.78 is 5.89. The van der Waals surface area contributed by atoms with Gasteiger partial charge in [-0.2, -0.15) is 0 Å². The number of para-hydroxylation sites is 1. The summed E-state index contributed by atoms with van der Waals surface area (Å²) in [5.41, 5.74) is 1.49. The van der Waals surface area contributed by atoms with E-state index in [0.717, 1.165) is 11.1 Å². The molecule has 4 heteroatoms. The second-order valence-corrected chi connectivity index (χ2v) is 6.15. The molecule has 3 aromatic rings. The molecule has 0 aliphatic rings. The lowest BCUT2D eigenvalue weighted by Crippen LogP contribution is -1.89. The van der Waals surface area contributed by atoms with Gasteiger partial charge in [0.05, 0.1) is 15.6 Å². The average molecular weight is 374 g/mol. The monoisotopic (exact) mass is 372 g/mol. The summed E-state index contributed by atoms with van der Waals surface area (Å²) in [5, 5.41) is 1.64. The first-order valence-corrected chi connectivity index (χ1v) is 8.25. The Morgan fingerprint density at radius 3 is 2.08 bits per heavy atom. The fourth-order valence-electron chi connectivity index (χ4n) is 2.03. The standard InChI is InChI=1S/C20H11Cl3O/c21-16-11-12-18(23)20(13-16)24-19-8-4-2-6-15(19)10-9-14-5-1-3-7-17(14)22/h1-8,11-13H. The van der Waals surface area contributed by atoms with Gasteiger partial charge in [0.1, 0.15) is 11.5 Å². The normalized spacial score (nSPS) is 9.96. The molecule has 24 heavy (non-hydrogen) atoms. The first kappa shape index (κ1) is 16.7. The van der Waals surface area contributed by atoms with Crippen LogP contribution in [0.5, 0.6) is 11.5 Å². The summed E-state index contributed by atoms with van der Waals surface area (Å²) in [4.78, 5) is 0. The first-order chi connectivity index (χ1) is 11.6. The van der Waals surface area contributed by atoms with E-state index in [-0.39, 0.29) is 0 Å². The van der Waals surface area contributed by atoms with Gasteiger partial charge in [-0.25, -0.2) is 0 Å². The Bertz CT molecular complexity index is 939. The van der Waals surface area contributed by atoms with E-state index in [4.69, 9.17) is 39.5 Å². The quantitative estimate of drug-likeness (QED) is 0.447. The molecule has 3 aromatic carbocycles. The number of halogens is 3. The van der Waals surface area contributed by atoms with Gasteiger partial charge in [-0.15, -0.1) is 0 Å². The third kappa shape index (κ3) is 4.04. The number of ether oxygens (including phenoxy) is 1. The zero-order chi connectivity index (χ0) is 16.9. The Balaban J connectivity index is 1.95. The molecular weight excluding hydrogens is 363 g/mol. The molecule has 3 rings (SSSR count). The lowest BCUT2D eigenvalue weighted by Gasteiger charge is -2.09. The largest absolute Gasteiger partial charge is 0.454 e. The third-order valence-electron chi connectivity index (χ3n) is 3.21. The molecule has 0 heterocycles. The molecular formula is C20H11Cl3O. The number of hydrogen-bond donors (Lipinski definition) is 0. The lowest BCUT2D eigenvalue weighted by atomic mass is 10.1. The fraction of sp³-hybridized carbons (Fsp3) is 0. The van der Waals surface area contributed by atoms with Crippen molar-refractivity contribution in [2.45, 2.75) is 0 Å². The van der Waals surface area contributed by atoms with Gasteiger partial charge in [-0.3, -0.25) is 0 Å². The predicted molar refractivity (Wildman–Crippen MR) is 100 cm³/mol. The Labute approximate surface area is 155 Å². The highest BCUT2D eigenvalue weighted by atomic mass is 35.5. The van der Waals surface area contributed by atoms with E-state index in [9.17, 15) is 0 Å². The molecule has 0 aliphatic carbocycles. The molecule has 0 amide bonds. The highest BCUT2D eigenvalue weighted by Crippen LogP contribution is 2.33. The van der Waals surface area contributed by atoms with Gasteiger partial charge in [0.2, 0.25) is 0 Å². The Kier molecular flexibility index (Phi) is 5.33. The molecule has 1 nitrogen and oxygen atoms in total. The molecule has 0 fully saturated rings. The molecule has 0 aromatic heterocycles. The van der Waals surface area contributed by atoms with E-state index in [2.05, 4.69) is 11.8 Å². The highest BCUT2D eigenvalue weighted by Gasteiger charge is 2.07. The van der Waals surface area contributed by atoms with Gasteiger partial charge in [-0.05, 0) is 36.4 Å². The summed E-state index contributed by atoms with van der Waals surface area (Å²) in [5.74, 6) is 7.23. The van der Waals surface area contributed by atoms with E-state index in [1.54, 1.807) is 24.3 Å². The smallest absolute Gasteiger partial charge is 0.147 e. The average Bonchev–Trinajstić information content (AvgIpc) is 2.58. The molecule has 0 atom stereocenters. The third-order valence-corrected chi connectivity index (χ3v) is 4.08. The maximum absolute atomic E-state index is 6.16. The van der Waals surface area contributed by atoms with Crippen LogP contribution in [-0.2, 0) is 0 Å². The van der Waals surface area contributed by atoms with Crippen molar-refractivity contribution in [1.29, 1.82) is 0 Å². The van der Waals surface area contributed by atoms with E-state index >= 15 is 0 Å². The van der Waals surface area contributed by atoms with Gasteiger partial charge in [0.15, 0.2) is 0 Å². The van der Waals surface area contributed by atoms with Gasteiger partial charge in [0, 0.05) is 16.7 Å². The number of benzene rings is 3. The minimum Gasteiger partial charge on any atom is -0.454 e. The molecule has 0 bridgehead atoms. The van der Waals surface area contributed by atoms with E-state index in [1.807, 2.05) is 42.5 Å². The predicted octanol–water partition coefficient (Wildman–Crippen LogP) is 6.84. The maximum Gasteiger partial charge on any atom is 0.147 e. The van der Waals surface area contributed by atoms with Crippen LogP contribution < -0.4 is 4.74 Å². The summed E-state index contributed by atoms with van der Waals surface area (Å²) in [6, 6.07) is 20.0. The van der Waals surface area contributed by atoms with Crippen molar-refractivity contribution in [2.75, 3.05) is 0 Å². The molecule has 0 radical (unpaired) electrons. The van der Waals surface area contributed by atoms with Crippen LogP contribution in [0.3, 0.4) is 0 Å². The minimum absolute atomic E-state index is 0.480. The van der Waals surface area contributed by atoms with Crippen molar-refractivity contribution in [3.05, 3.63) is 92.9 Å². The summed E-state index contributed by atoms with van der Waals surface area (Å²) >= 11 is 18.3. The first-order valence-electron chi connectivity index (χ1n) is 7.12. The van der Waals surface area contributed by atoms with Crippen LogP contribution in [0.2, 0.25) is 15.1 Å². The van der Waals surface area contributed by atoms with Crippen LogP contribution >= 0.6 is 34.8 Å². The van der Waals surface area contributed by atoms with Crippen LogP contribution in [0, 0.1) is 11.8 Å². The van der Waals surface area contributed by atoms with Crippen LogP contribution in [0.4, 0.5) is 0 Å². The summed E-state index contributed by atoms with van der Waals surface area (Å²) in [7, 11) is 0. The molecule has 118 valence electrons. The van der Waals surface area contributed by atoms with Crippen molar-refractivity contribution < 1.29 is 4.74 Å². The van der Waals surface area contributed by atoms with Crippen molar-refractivity contribution in [2.24, 2.45) is 0 Å². The van der Waals surface area contributed by atoms with Gasteiger partial charge < -0.3 is 4.74 Å². The van der Waals surface area contributed by atoms with E-state index in [1.165, 1.54) is 0 Å². The van der Waals surface area contributed by atoms with Crippen LogP contribution in [0.25, 0.3) is 0 Å². The van der Waals surface area contributed by atoms with Crippen molar-refractivity contribution >= 4 is 34.8 Å². The zero-order valence-electron chi connectivity index (χ0n) is 12.4. The molecule has 0 saturated heterocycles. The lowest BCUT2D eigenvalue weighted by molar-refractivity contribution is 0.481. The molecule has 0 unspecified atom stereocenters. The molecule has 0 aliphatic heterocycles. The minimum atomic E-state index is 0.480. The van der Waals surface area contributed by atoms with Crippen molar-refractivity contribution in [3.8, 4) is 23.3 Å². The Morgan fingerprint density at radius 1 is 0.625 bits per heavy atom. The van der Waals surface area contributed by atoms with E-state index in [0.29, 0.717) is 26.6 Å². The molecule has 0 N–H and O–H groups in total. The van der Waals surface area contributed by atoms with Crippen molar-refractivity contribution in [3.63, 3.8) is 0 Å². The second-order valence-electron chi connectivity index (χ2n) is 4.90. The zero-order valence-corrected chi connectivity index (χ0v) is 14.7. The van der Waals surface area contributed by atoms with Crippen LogP contribution in [0.15, 0.2) is 66.7 Å². The highest BCUT2D eigenvalue weighted by molar-refractivity contribution is 6.34. The summed E-state index contributed by atoms with van der Waals surface area (Å²) in [6.45, 7) is 0. The summed E-state index contributed by atoms with van der Waals surface area (Å²) in [6.07, 6.45) is 0. The topological polar surface area (TPSA) is 9.23 Å². The Morgan fingerprint density at radius 2 is 1.29 bits per heavy atom. The van der Waals surface area contributed by atoms with Crippen LogP contribution in [0.1, 0.15) is 11.1 Å². The number of rotatable bonds is 2. The molecule has 0 spiro atoms. The Hall–Kier alpha value is -2.11. The number of hydrogen-bond acceptors (Lipinski definition) is 1. The second kappa shape index (κ2) is 7.64. The SMILES string of the molecule is Clc1ccc(Cl)c(Oc2ccccc2C#Cc2ccccc2Cl)c1. The van der Waals surface area contributed by atoms with E-state index < -0.39 is 0 Å². The van der Waals surface area contributed by atoms with Crippen LogP contribution in [-0.4, -0.2) is 0 Å². The molecule has 0 saturated carbocycles. The van der Waals surface area contributed by atoms with Gasteiger partial charge in [-0.1, -0.05) is 70.9 Å². The van der Waals surface area contributed by atoms with Gasteiger partial charge >= 0.3 is 0 Å². The van der Waals surface area contributed by atoms with Gasteiger partial charge in [0.25, 0.3) is 0 Å². The maximum atomic E-state index is 6.16. The van der Waals surface area contributed by atoms with Crippen molar-refractivity contribution in [1.82, 2.24) is 0 Å². The fourth-order valence-corrected chi connectivity index (χ4v) is 2.53.